The van der Waals surface area contributed by atoms with Gasteiger partial charge in [-0.15, -0.1) is 11.8 Å². The molecule has 0 amide bonds. The molecule has 2 nitrogen and oxygen atoms in total. The van der Waals surface area contributed by atoms with E-state index in [0.29, 0.717) is 5.69 Å². The zero-order valence-electron chi connectivity index (χ0n) is 10.6. The minimum Gasteiger partial charge on any atom is -0.495 e. The molecule has 17 heavy (non-hydrogen) atoms. The lowest BCUT2D eigenvalue weighted by Crippen LogP contribution is -2.14. The molecule has 1 aromatic carbocycles. The SMILES string of the molecule is COc1cc(SC2CCCC(C)C2)ccc1N. The van der Waals surface area contributed by atoms with E-state index in [4.69, 9.17) is 10.5 Å². The molecule has 2 atom stereocenters. The van der Waals surface area contributed by atoms with E-state index >= 15 is 0 Å². The fraction of sp³-hybridized carbons (Fsp3) is 0.571. The highest BCUT2D eigenvalue weighted by molar-refractivity contribution is 8.00. The molecule has 1 fully saturated rings. The maximum Gasteiger partial charge on any atom is 0.142 e. The maximum atomic E-state index is 5.82. The van der Waals surface area contributed by atoms with Crippen molar-refractivity contribution in [3.05, 3.63) is 18.2 Å². The summed E-state index contributed by atoms with van der Waals surface area (Å²) >= 11 is 1.97. The van der Waals surface area contributed by atoms with Gasteiger partial charge in [0.25, 0.3) is 0 Å². The van der Waals surface area contributed by atoms with Gasteiger partial charge in [-0.25, -0.2) is 0 Å². The Morgan fingerprint density at radius 1 is 1.35 bits per heavy atom. The van der Waals surface area contributed by atoms with Crippen molar-refractivity contribution >= 4 is 17.4 Å². The molecule has 1 aliphatic rings. The second-order valence-corrected chi connectivity index (χ2v) is 6.29. The van der Waals surface area contributed by atoms with Crippen LogP contribution in [0.2, 0.25) is 0 Å². The van der Waals surface area contributed by atoms with Gasteiger partial charge in [-0.2, -0.15) is 0 Å². The summed E-state index contributed by atoms with van der Waals surface area (Å²) in [7, 11) is 1.67. The van der Waals surface area contributed by atoms with Crippen LogP contribution in [0.5, 0.6) is 5.75 Å². The second-order valence-electron chi connectivity index (χ2n) is 4.92. The van der Waals surface area contributed by atoms with Gasteiger partial charge >= 0.3 is 0 Å². The van der Waals surface area contributed by atoms with Crippen LogP contribution >= 0.6 is 11.8 Å². The lowest BCUT2D eigenvalue weighted by atomic mass is 9.91. The normalized spacial score (nSPS) is 24.6. The Labute approximate surface area is 108 Å². The van der Waals surface area contributed by atoms with E-state index in [0.717, 1.165) is 16.9 Å². The average Bonchev–Trinajstić information content (AvgIpc) is 2.32. The molecule has 0 aromatic heterocycles. The minimum atomic E-state index is 0.717. The van der Waals surface area contributed by atoms with Crippen molar-refractivity contribution in [2.45, 2.75) is 42.8 Å². The number of hydrogen-bond acceptors (Lipinski definition) is 3. The maximum absolute atomic E-state index is 5.82. The van der Waals surface area contributed by atoms with Gasteiger partial charge in [0, 0.05) is 10.1 Å². The quantitative estimate of drug-likeness (QED) is 0.826. The molecule has 0 aliphatic heterocycles. The van der Waals surface area contributed by atoms with Crippen molar-refractivity contribution in [2.75, 3.05) is 12.8 Å². The molecular formula is C14H21NOS. The van der Waals surface area contributed by atoms with E-state index in [1.165, 1.54) is 30.6 Å². The molecule has 2 unspecified atom stereocenters. The summed E-state index contributed by atoms with van der Waals surface area (Å²) in [6, 6.07) is 6.09. The highest BCUT2D eigenvalue weighted by Crippen LogP contribution is 2.38. The van der Waals surface area contributed by atoms with E-state index in [2.05, 4.69) is 19.1 Å². The zero-order chi connectivity index (χ0) is 12.3. The standard InChI is InChI=1S/C14H21NOS/c1-10-4-3-5-11(8-10)17-12-6-7-13(15)14(9-12)16-2/h6-7,9-11H,3-5,8,15H2,1-2H3. The summed E-state index contributed by atoms with van der Waals surface area (Å²) in [4.78, 5) is 1.27. The smallest absolute Gasteiger partial charge is 0.142 e. The van der Waals surface area contributed by atoms with E-state index in [9.17, 15) is 0 Å². The summed E-state index contributed by atoms with van der Waals surface area (Å²) < 4.78 is 5.26. The number of anilines is 1. The number of benzene rings is 1. The van der Waals surface area contributed by atoms with Gasteiger partial charge in [0.1, 0.15) is 5.75 Å². The minimum absolute atomic E-state index is 0.717. The largest absolute Gasteiger partial charge is 0.495 e. The number of nitrogens with two attached hydrogens (primary N) is 1. The van der Waals surface area contributed by atoms with Crippen molar-refractivity contribution in [3.63, 3.8) is 0 Å². The number of nitrogen functional groups attached to an aromatic ring is 1. The van der Waals surface area contributed by atoms with Gasteiger partial charge in [-0.3, -0.25) is 0 Å². The van der Waals surface area contributed by atoms with Crippen LogP contribution < -0.4 is 10.5 Å². The highest BCUT2D eigenvalue weighted by atomic mass is 32.2. The Hall–Kier alpha value is -0.830. The molecule has 0 saturated heterocycles. The van der Waals surface area contributed by atoms with Gasteiger partial charge < -0.3 is 10.5 Å². The molecule has 0 spiro atoms. The van der Waals surface area contributed by atoms with Crippen LogP contribution in [0.3, 0.4) is 0 Å². The summed E-state index contributed by atoms with van der Waals surface area (Å²) in [5, 5.41) is 0.757. The number of methoxy groups -OCH3 is 1. The first-order valence-electron chi connectivity index (χ1n) is 6.29. The Morgan fingerprint density at radius 2 is 2.18 bits per heavy atom. The van der Waals surface area contributed by atoms with Gasteiger partial charge in [-0.1, -0.05) is 19.8 Å². The molecule has 0 heterocycles. The summed E-state index contributed by atoms with van der Waals surface area (Å²) in [5.41, 5.74) is 6.54. The molecule has 2 rings (SSSR count). The molecule has 3 heteroatoms. The van der Waals surface area contributed by atoms with Crippen molar-refractivity contribution in [1.82, 2.24) is 0 Å². The number of rotatable bonds is 3. The predicted octanol–water partition coefficient (Wildman–Crippen LogP) is 3.95. The van der Waals surface area contributed by atoms with E-state index in [-0.39, 0.29) is 0 Å². The van der Waals surface area contributed by atoms with Crippen LogP contribution in [-0.2, 0) is 0 Å². The molecule has 0 radical (unpaired) electrons. The topological polar surface area (TPSA) is 35.2 Å². The van der Waals surface area contributed by atoms with Crippen molar-refractivity contribution < 1.29 is 4.74 Å². The van der Waals surface area contributed by atoms with E-state index < -0.39 is 0 Å². The zero-order valence-corrected chi connectivity index (χ0v) is 11.4. The first-order chi connectivity index (χ1) is 8.19. The van der Waals surface area contributed by atoms with Gasteiger partial charge in [0.05, 0.1) is 12.8 Å². The van der Waals surface area contributed by atoms with Crippen LogP contribution in [0.25, 0.3) is 0 Å². The van der Waals surface area contributed by atoms with Crippen LogP contribution in [0.4, 0.5) is 5.69 Å². The fourth-order valence-electron chi connectivity index (χ4n) is 2.44. The van der Waals surface area contributed by atoms with Crippen molar-refractivity contribution in [1.29, 1.82) is 0 Å². The molecule has 1 saturated carbocycles. The monoisotopic (exact) mass is 251 g/mol. The highest BCUT2D eigenvalue weighted by Gasteiger charge is 2.19. The molecule has 0 bridgehead atoms. The third kappa shape index (κ3) is 3.32. The van der Waals surface area contributed by atoms with Gasteiger partial charge in [0.2, 0.25) is 0 Å². The van der Waals surface area contributed by atoms with Crippen LogP contribution in [-0.4, -0.2) is 12.4 Å². The predicted molar refractivity (Wildman–Crippen MR) is 74.7 cm³/mol. The fourth-order valence-corrected chi connectivity index (χ4v) is 3.86. The number of ether oxygens (including phenoxy) is 1. The first kappa shape index (κ1) is 12.6. The Bertz CT molecular complexity index is 380. The molecular weight excluding hydrogens is 230 g/mol. The third-order valence-electron chi connectivity index (χ3n) is 3.40. The Kier molecular flexibility index (Phi) is 4.21. The van der Waals surface area contributed by atoms with Crippen molar-refractivity contribution in [2.24, 2.45) is 5.92 Å². The lowest BCUT2D eigenvalue weighted by molar-refractivity contribution is 0.394. The first-order valence-corrected chi connectivity index (χ1v) is 7.17. The summed E-state index contributed by atoms with van der Waals surface area (Å²) in [6.07, 6.45) is 5.42. The van der Waals surface area contributed by atoms with Gasteiger partial charge in [-0.05, 0) is 37.0 Å². The second kappa shape index (κ2) is 5.67. The van der Waals surface area contributed by atoms with E-state index in [1.807, 2.05) is 17.8 Å². The van der Waals surface area contributed by atoms with E-state index in [1.54, 1.807) is 7.11 Å². The van der Waals surface area contributed by atoms with Crippen LogP contribution in [0.15, 0.2) is 23.1 Å². The van der Waals surface area contributed by atoms with Crippen molar-refractivity contribution in [3.8, 4) is 5.75 Å². The lowest BCUT2D eigenvalue weighted by Gasteiger charge is -2.26. The molecule has 94 valence electrons. The van der Waals surface area contributed by atoms with Crippen LogP contribution in [0.1, 0.15) is 32.6 Å². The molecule has 1 aliphatic carbocycles. The Balaban J connectivity index is 2.02. The summed E-state index contributed by atoms with van der Waals surface area (Å²) in [6.45, 7) is 2.36. The molecule has 1 aromatic rings. The third-order valence-corrected chi connectivity index (χ3v) is 4.68. The summed E-state index contributed by atoms with van der Waals surface area (Å²) in [5.74, 6) is 1.66. The average molecular weight is 251 g/mol. The molecule has 2 N–H and O–H groups in total. The van der Waals surface area contributed by atoms with Crippen LogP contribution in [0, 0.1) is 5.92 Å². The Morgan fingerprint density at radius 3 is 2.88 bits per heavy atom. The van der Waals surface area contributed by atoms with Gasteiger partial charge in [0.15, 0.2) is 0 Å². The number of hydrogen-bond donors (Lipinski definition) is 1. The number of thioether (sulfide) groups is 1.